The summed E-state index contributed by atoms with van der Waals surface area (Å²) in [7, 11) is 0. The monoisotopic (exact) mass is 854 g/mol. The van der Waals surface area contributed by atoms with Gasteiger partial charge in [-0.3, -0.25) is 0 Å². The SMILES string of the molecule is Cc1ccc(-c2ccc(Cc3cc(CCOC(F)C(F)(F)F)ccc3Oc3ccc(CCOC(F)C(F)(F)F)cc3Cc3ccc(-c4ccc(C)cc4F)cc3)cc2)c(F)c1. The van der Waals surface area contributed by atoms with Crippen LogP contribution in [-0.2, 0) is 35.2 Å². The molecule has 0 bridgehead atoms. The Bertz CT molecular complexity index is 2240. The van der Waals surface area contributed by atoms with Crippen molar-refractivity contribution in [3.05, 3.63) is 177 Å². The molecule has 6 aromatic carbocycles. The molecule has 0 saturated carbocycles. The van der Waals surface area contributed by atoms with Crippen molar-refractivity contribution in [2.45, 2.75) is 64.6 Å². The van der Waals surface area contributed by atoms with E-state index in [1.165, 1.54) is 12.1 Å². The number of alkyl halides is 8. The average Bonchev–Trinajstić information content (AvgIpc) is 3.20. The molecular formula is C48H40F10O3. The van der Waals surface area contributed by atoms with E-state index in [1.54, 1.807) is 123 Å². The molecule has 0 radical (unpaired) electrons. The summed E-state index contributed by atoms with van der Waals surface area (Å²) in [4.78, 5) is 0. The molecular weight excluding hydrogens is 815 g/mol. The summed E-state index contributed by atoms with van der Waals surface area (Å²) in [5.41, 5.74) is 7.45. The Morgan fingerprint density at radius 2 is 0.820 bits per heavy atom. The van der Waals surface area contributed by atoms with Crippen molar-refractivity contribution in [1.82, 2.24) is 0 Å². The minimum absolute atomic E-state index is 0.0615. The molecule has 61 heavy (non-hydrogen) atoms. The molecule has 0 aliphatic carbocycles. The molecule has 0 aromatic heterocycles. The first kappa shape index (κ1) is 44.9. The summed E-state index contributed by atoms with van der Waals surface area (Å²) in [5.74, 6) is -0.0505. The first-order chi connectivity index (χ1) is 28.9. The highest BCUT2D eigenvalue weighted by atomic mass is 19.4. The smallest absolute Gasteiger partial charge is 0.445 e. The Kier molecular flexibility index (Phi) is 14.3. The minimum Gasteiger partial charge on any atom is -0.457 e. The predicted molar refractivity (Wildman–Crippen MR) is 213 cm³/mol. The van der Waals surface area contributed by atoms with Crippen LogP contribution in [0.3, 0.4) is 0 Å². The number of rotatable bonds is 16. The van der Waals surface area contributed by atoms with Crippen molar-refractivity contribution in [1.29, 1.82) is 0 Å². The molecule has 6 aromatic rings. The van der Waals surface area contributed by atoms with Crippen molar-refractivity contribution < 1.29 is 58.1 Å². The van der Waals surface area contributed by atoms with Crippen molar-refractivity contribution >= 4 is 0 Å². The summed E-state index contributed by atoms with van der Waals surface area (Å²) in [6, 6.07) is 34.0. The molecule has 0 spiro atoms. The number of ether oxygens (including phenoxy) is 3. The summed E-state index contributed by atoms with van der Waals surface area (Å²) < 4.78 is 148. The first-order valence-corrected chi connectivity index (χ1v) is 19.2. The fourth-order valence-corrected chi connectivity index (χ4v) is 6.67. The molecule has 6 rings (SSSR count). The van der Waals surface area contributed by atoms with Gasteiger partial charge in [-0.15, -0.1) is 0 Å². The molecule has 0 fully saturated rings. The molecule has 0 aliphatic heterocycles. The van der Waals surface area contributed by atoms with E-state index in [4.69, 9.17) is 4.74 Å². The highest BCUT2D eigenvalue weighted by Gasteiger charge is 2.42. The van der Waals surface area contributed by atoms with Crippen LogP contribution in [0.4, 0.5) is 43.9 Å². The molecule has 0 heterocycles. The van der Waals surface area contributed by atoms with Gasteiger partial charge in [0, 0.05) is 24.0 Å². The zero-order chi connectivity index (χ0) is 43.9. The van der Waals surface area contributed by atoms with Crippen LogP contribution in [0.2, 0.25) is 0 Å². The predicted octanol–water partition coefficient (Wildman–Crippen LogP) is 13.7. The third-order valence-electron chi connectivity index (χ3n) is 9.86. The lowest BCUT2D eigenvalue weighted by molar-refractivity contribution is -0.264. The van der Waals surface area contributed by atoms with Crippen LogP contribution in [0.25, 0.3) is 22.3 Å². The lowest BCUT2D eigenvalue weighted by Gasteiger charge is -2.18. The third-order valence-corrected chi connectivity index (χ3v) is 9.86. The fourth-order valence-electron chi connectivity index (χ4n) is 6.67. The normalized spacial score (nSPS) is 13.0. The van der Waals surface area contributed by atoms with Gasteiger partial charge in [0.2, 0.25) is 0 Å². The molecule has 0 amide bonds. The van der Waals surface area contributed by atoms with Gasteiger partial charge in [-0.25, -0.2) is 17.6 Å². The van der Waals surface area contributed by atoms with Crippen LogP contribution in [-0.4, -0.2) is 38.3 Å². The van der Waals surface area contributed by atoms with Crippen molar-refractivity contribution in [3.63, 3.8) is 0 Å². The molecule has 13 heteroatoms. The molecule has 3 nitrogen and oxygen atoms in total. The first-order valence-electron chi connectivity index (χ1n) is 19.2. The minimum atomic E-state index is -5.17. The molecule has 2 atom stereocenters. The van der Waals surface area contributed by atoms with Crippen LogP contribution in [0.1, 0.15) is 44.5 Å². The zero-order valence-corrected chi connectivity index (χ0v) is 32.9. The second-order valence-electron chi connectivity index (χ2n) is 14.7. The highest BCUT2D eigenvalue weighted by Crippen LogP contribution is 2.35. The van der Waals surface area contributed by atoms with Crippen LogP contribution in [0.5, 0.6) is 11.5 Å². The summed E-state index contributed by atoms with van der Waals surface area (Å²) >= 11 is 0. The van der Waals surface area contributed by atoms with E-state index in [0.29, 0.717) is 56.0 Å². The van der Waals surface area contributed by atoms with Gasteiger partial charge in [0.1, 0.15) is 23.1 Å². The van der Waals surface area contributed by atoms with Gasteiger partial charge < -0.3 is 14.2 Å². The maximum absolute atomic E-state index is 14.8. The molecule has 320 valence electrons. The summed E-state index contributed by atoms with van der Waals surface area (Å²) in [5, 5.41) is 0. The maximum Gasteiger partial charge on any atom is 0.445 e. The van der Waals surface area contributed by atoms with Gasteiger partial charge in [0.15, 0.2) is 0 Å². The van der Waals surface area contributed by atoms with Gasteiger partial charge in [0.05, 0.1) is 13.2 Å². The van der Waals surface area contributed by atoms with Gasteiger partial charge >= 0.3 is 12.4 Å². The van der Waals surface area contributed by atoms with Crippen molar-refractivity contribution in [2.24, 2.45) is 0 Å². The molecule has 0 N–H and O–H groups in total. The Hall–Kier alpha value is -5.66. The van der Waals surface area contributed by atoms with Crippen molar-refractivity contribution in [2.75, 3.05) is 13.2 Å². The average molecular weight is 855 g/mol. The van der Waals surface area contributed by atoms with Gasteiger partial charge in [-0.1, -0.05) is 97.1 Å². The third kappa shape index (κ3) is 12.2. The molecule has 2 unspecified atom stereocenters. The second kappa shape index (κ2) is 19.4. The quantitative estimate of drug-likeness (QED) is 0.0908. The number of benzene rings is 6. The van der Waals surface area contributed by atoms with E-state index in [2.05, 4.69) is 9.47 Å². The van der Waals surface area contributed by atoms with Crippen LogP contribution < -0.4 is 4.74 Å². The Balaban J connectivity index is 1.30. The highest BCUT2D eigenvalue weighted by molar-refractivity contribution is 5.66. The van der Waals surface area contributed by atoms with Gasteiger partial charge in [-0.2, -0.15) is 26.3 Å². The second-order valence-corrected chi connectivity index (χ2v) is 14.7. The number of hydrogen-bond acceptors (Lipinski definition) is 3. The topological polar surface area (TPSA) is 27.7 Å². The Morgan fingerprint density at radius 1 is 0.459 bits per heavy atom. The Labute approximate surface area is 346 Å². The number of halogens is 10. The lowest BCUT2D eigenvalue weighted by Crippen LogP contribution is -2.27. The van der Waals surface area contributed by atoms with Crippen LogP contribution >= 0.6 is 0 Å². The number of hydrogen-bond donors (Lipinski definition) is 0. The van der Waals surface area contributed by atoms with Crippen LogP contribution in [0.15, 0.2) is 121 Å². The largest absolute Gasteiger partial charge is 0.457 e. The van der Waals surface area contributed by atoms with E-state index in [1.807, 2.05) is 0 Å². The summed E-state index contributed by atoms with van der Waals surface area (Å²) in [6.07, 6.45) is -16.8. The maximum atomic E-state index is 14.8. The number of aryl methyl sites for hydroxylation is 2. The van der Waals surface area contributed by atoms with E-state index in [0.717, 1.165) is 22.3 Å². The van der Waals surface area contributed by atoms with Gasteiger partial charge in [0.25, 0.3) is 12.7 Å². The van der Waals surface area contributed by atoms with Crippen molar-refractivity contribution in [3.8, 4) is 33.8 Å². The van der Waals surface area contributed by atoms with E-state index >= 15 is 0 Å². The summed E-state index contributed by atoms with van der Waals surface area (Å²) in [6.45, 7) is 2.44. The van der Waals surface area contributed by atoms with Crippen LogP contribution in [0, 0.1) is 25.5 Å². The molecule has 0 aliphatic rings. The zero-order valence-electron chi connectivity index (χ0n) is 32.9. The van der Waals surface area contributed by atoms with E-state index in [9.17, 15) is 43.9 Å². The molecule has 0 saturated heterocycles. The van der Waals surface area contributed by atoms with Gasteiger partial charge in [-0.05, 0) is 107 Å². The fraction of sp³-hybridized carbons (Fsp3) is 0.250. The lowest BCUT2D eigenvalue weighted by atomic mass is 9.97. The van der Waals surface area contributed by atoms with E-state index in [-0.39, 0.29) is 37.3 Å². The standard InChI is InChI=1S/C48H40F10O3/c1-29-3-15-39(41(49)23-29)35-11-5-31(6-12-35)25-37-27-33(19-21-59-45(51)47(53,54)55)9-17-43(37)61-44-18-10-34(20-22-60-46(52)48(56,57)58)28-38(44)26-32-7-13-36(14-8-32)40-16-4-30(2)24-42(40)50/h3-18,23-24,27-28,45-46H,19-22,25-26H2,1-2H3. The Morgan fingerprint density at radius 3 is 1.16 bits per heavy atom. The van der Waals surface area contributed by atoms with E-state index < -0.39 is 38.3 Å².